The SMILES string of the molecule is COc1cccc(N2C(=O)NC(Cc3cnc[nH]3)C2=O)c1. The number of benzene rings is 1. The van der Waals surface area contributed by atoms with Gasteiger partial charge in [-0.05, 0) is 12.1 Å². The smallest absolute Gasteiger partial charge is 0.329 e. The Bertz CT molecular complexity index is 669. The molecule has 1 fully saturated rings. The van der Waals surface area contributed by atoms with Gasteiger partial charge in [-0.2, -0.15) is 0 Å². The van der Waals surface area contributed by atoms with E-state index in [2.05, 4.69) is 15.3 Å². The maximum atomic E-state index is 12.4. The molecule has 1 aromatic heterocycles. The molecule has 1 unspecified atom stereocenters. The van der Waals surface area contributed by atoms with Crippen LogP contribution in [0.3, 0.4) is 0 Å². The molecule has 7 nitrogen and oxygen atoms in total. The Morgan fingerprint density at radius 1 is 1.38 bits per heavy atom. The summed E-state index contributed by atoms with van der Waals surface area (Å²) in [5, 5.41) is 2.68. The van der Waals surface area contributed by atoms with Crippen LogP contribution >= 0.6 is 0 Å². The van der Waals surface area contributed by atoms with Crippen molar-refractivity contribution in [3.63, 3.8) is 0 Å². The number of aromatic amines is 1. The van der Waals surface area contributed by atoms with Crippen molar-refractivity contribution >= 4 is 17.6 Å². The lowest BCUT2D eigenvalue weighted by Gasteiger charge is -2.13. The predicted molar refractivity (Wildman–Crippen MR) is 75.1 cm³/mol. The Labute approximate surface area is 120 Å². The highest BCUT2D eigenvalue weighted by atomic mass is 16.5. The lowest BCUT2D eigenvalue weighted by atomic mass is 10.1. The average molecular weight is 286 g/mol. The van der Waals surface area contributed by atoms with Gasteiger partial charge in [-0.3, -0.25) is 4.79 Å². The summed E-state index contributed by atoms with van der Waals surface area (Å²) in [6, 6.07) is 5.80. The van der Waals surface area contributed by atoms with Crippen LogP contribution < -0.4 is 15.0 Å². The lowest BCUT2D eigenvalue weighted by molar-refractivity contribution is -0.118. The van der Waals surface area contributed by atoms with E-state index in [1.807, 2.05) is 0 Å². The number of carbonyl (C=O) groups excluding carboxylic acids is 2. The summed E-state index contributed by atoms with van der Waals surface area (Å²) >= 11 is 0. The van der Waals surface area contributed by atoms with Crippen molar-refractivity contribution in [2.24, 2.45) is 0 Å². The normalized spacial score (nSPS) is 18.0. The number of rotatable bonds is 4. The van der Waals surface area contributed by atoms with Gasteiger partial charge in [0.1, 0.15) is 11.8 Å². The number of nitrogens with zero attached hydrogens (tertiary/aromatic N) is 2. The Balaban J connectivity index is 1.83. The number of imide groups is 1. The Morgan fingerprint density at radius 2 is 2.24 bits per heavy atom. The van der Waals surface area contributed by atoms with Crippen molar-refractivity contribution in [1.29, 1.82) is 0 Å². The Kier molecular flexibility index (Phi) is 3.31. The van der Waals surface area contributed by atoms with Crippen LogP contribution in [0.2, 0.25) is 0 Å². The monoisotopic (exact) mass is 286 g/mol. The summed E-state index contributed by atoms with van der Waals surface area (Å²) in [4.78, 5) is 32.4. The number of urea groups is 1. The molecule has 21 heavy (non-hydrogen) atoms. The van der Waals surface area contributed by atoms with Crippen LogP contribution in [-0.2, 0) is 11.2 Å². The number of hydrogen-bond donors (Lipinski definition) is 2. The Morgan fingerprint density at radius 3 is 2.95 bits per heavy atom. The molecule has 0 aliphatic carbocycles. The van der Waals surface area contributed by atoms with Gasteiger partial charge >= 0.3 is 6.03 Å². The second kappa shape index (κ2) is 5.28. The van der Waals surface area contributed by atoms with Crippen LogP contribution in [-0.4, -0.2) is 35.1 Å². The molecule has 2 aromatic rings. The number of carbonyl (C=O) groups is 2. The van der Waals surface area contributed by atoms with Crippen LogP contribution in [0.1, 0.15) is 5.69 Å². The number of aromatic nitrogens is 2. The zero-order chi connectivity index (χ0) is 14.8. The quantitative estimate of drug-likeness (QED) is 0.823. The third-order valence-electron chi connectivity index (χ3n) is 3.31. The van der Waals surface area contributed by atoms with Crippen LogP contribution in [0.25, 0.3) is 0 Å². The van der Waals surface area contributed by atoms with E-state index in [1.54, 1.807) is 30.5 Å². The van der Waals surface area contributed by atoms with Gasteiger partial charge in [-0.1, -0.05) is 6.07 Å². The first-order valence-corrected chi connectivity index (χ1v) is 6.45. The summed E-state index contributed by atoms with van der Waals surface area (Å²) in [5.41, 5.74) is 1.28. The minimum absolute atomic E-state index is 0.289. The molecule has 3 rings (SSSR count). The largest absolute Gasteiger partial charge is 0.497 e. The molecule has 0 radical (unpaired) electrons. The van der Waals surface area contributed by atoms with Gasteiger partial charge in [0.2, 0.25) is 0 Å². The maximum absolute atomic E-state index is 12.4. The molecule has 2 N–H and O–H groups in total. The van der Waals surface area contributed by atoms with E-state index < -0.39 is 12.1 Å². The summed E-state index contributed by atoms with van der Waals surface area (Å²) in [6.07, 6.45) is 3.55. The third kappa shape index (κ3) is 2.45. The number of ether oxygens (including phenoxy) is 1. The first kappa shape index (κ1) is 13.2. The van der Waals surface area contributed by atoms with E-state index in [0.717, 1.165) is 10.6 Å². The van der Waals surface area contributed by atoms with Crippen molar-refractivity contribution in [2.75, 3.05) is 12.0 Å². The molecular weight excluding hydrogens is 272 g/mol. The molecule has 7 heteroatoms. The fourth-order valence-electron chi connectivity index (χ4n) is 2.28. The van der Waals surface area contributed by atoms with Crippen LogP contribution in [0, 0.1) is 0 Å². The maximum Gasteiger partial charge on any atom is 0.329 e. The molecule has 1 aromatic carbocycles. The second-order valence-corrected chi connectivity index (χ2v) is 4.66. The molecule has 0 bridgehead atoms. The predicted octanol–water partition coefficient (Wildman–Crippen LogP) is 1.09. The van der Waals surface area contributed by atoms with Gasteiger partial charge in [0.25, 0.3) is 5.91 Å². The molecule has 1 aliphatic heterocycles. The highest BCUT2D eigenvalue weighted by molar-refractivity contribution is 6.21. The van der Waals surface area contributed by atoms with Crippen LogP contribution in [0.5, 0.6) is 5.75 Å². The number of imidazole rings is 1. The first-order valence-electron chi connectivity index (χ1n) is 6.45. The van der Waals surface area contributed by atoms with E-state index in [9.17, 15) is 9.59 Å². The molecule has 1 saturated heterocycles. The van der Waals surface area contributed by atoms with Crippen molar-refractivity contribution in [3.05, 3.63) is 42.5 Å². The number of methoxy groups -OCH3 is 1. The fraction of sp³-hybridized carbons (Fsp3) is 0.214. The zero-order valence-electron chi connectivity index (χ0n) is 11.4. The summed E-state index contributed by atoms with van der Waals surface area (Å²) in [5.74, 6) is 0.299. The number of H-pyrrole nitrogens is 1. The summed E-state index contributed by atoms with van der Waals surface area (Å²) in [7, 11) is 1.53. The van der Waals surface area contributed by atoms with Gasteiger partial charge in [0, 0.05) is 24.4 Å². The van der Waals surface area contributed by atoms with Gasteiger partial charge in [0.15, 0.2) is 0 Å². The number of nitrogens with one attached hydrogen (secondary N) is 2. The third-order valence-corrected chi connectivity index (χ3v) is 3.31. The van der Waals surface area contributed by atoms with E-state index in [1.165, 1.54) is 13.4 Å². The van der Waals surface area contributed by atoms with Crippen LogP contribution in [0.15, 0.2) is 36.8 Å². The summed E-state index contributed by atoms with van der Waals surface area (Å²) < 4.78 is 5.11. The van der Waals surface area contributed by atoms with E-state index >= 15 is 0 Å². The minimum atomic E-state index is -0.593. The molecule has 0 saturated carbocycles. The van der Waals surface area contributed by atoms with Crippen molar-refractivity contribution in [1.82, 2.24) is 15.3 Å². The molecule has 3 amide bonds. The first-order chi connectivity index (χ1) is 10.2. The summed E-state index contributed by atoms with van der Waals surface area (Å²) in [6.45, 7) is 0. The molecule has 108 valence electrons. The van der Waals surface area contributed by atoms with E-state index in [0.29, 0.717) is 17.9 Å². The Hall–Kier alpha value is -2.83. The number of amides is 3. The van der Waals surface area contributed by atoms with Gasteiger partial charge in [0.05, 0.1) is 19.1 Å². The fourth-order valence-corrected chi connectivity index (χ4v) is 2.28. The molecule has 0 spiro atoms. The van der Waals surface area contributed by atoms with E-state index in [-0.39, 0.29) is 5.91 Å². The minimum Gasteiger partial charge on any atom is -0.497 e. The molecule has 1 aliphatic rings. The number of hydrogen-bond acceptors (Lipinski definition) is 4. The zero-order valence-corrected chi connectivity index (χ0v) is 11.4. The van der Waals surface area contributed by atoms with Gasteiger partial charge in [-0.25, -0.2) is 14.7 Å². The second-order valence-electron chi connectivity index (χ2n) is 4.66. The topological polar surface area (TPSA) is 87.3 Å². The lowest BCUT2D eigenvalue weighted by Crippen LogP contribution is -2.32. The number of anilines is 1. The van der Waals surface area contributed by atoms with Crippen molar-refractivity contribution < 1.29 is 14.3 Å². The average Bonchev–Trinajstić information content (AvgIpc) is 3.08. The van der Waals surface area contributed by atoms with Gasteiger partial charge in [-0.15, -0.1) is 0 Å². The molecular formula is C14H14N4O3. The van der Waals surface area contributed by atoms with Gasteiger partial charge < -0.3 is 15.0 Å². The standard InChI is InChI=1S/C14H14N4O3/c1-21-11-4-2-3-10(6-11)18-13(19)12(17-14(18)20)5-9-7-15-8-16-9/h2-4,6-8,12H,5H2,1H3,(H,15,16)(H,17,20). The van der Waals surface area contributed by atoms with Crippen molar-refractivity contribution in [3.8, 4) is 5.75 Å². The highest BCUT2D eigenvalue weighted by Crippen LogP contribution is 2.24. The molecule has 2 heterocycles. The van der Waals surface area contributed by atoms with Crippen molar-refractivity contribution in [2.45, 2.75) is 12.5 Å². The highest BCUT2D eigenvalue weighted by Gasteiger charge is 2.39. The molecule has 1 atom stereocenters. The van der Waals surface area contributed by atoms with E-state index in [4.69, 9.17) is 4.74 Å². The van der Waals surface area contributed by atoms with Crippen LogP contribution in [0.4, 0.5) is 10.5 Å².